The van der Waals surface area contributed by atoms with Crippen molar-refractivity contribution in [2.75, 3.05) is 39.3 Å². The Hall–Kier alpha value is -2.16. The van der Waals surface area contributed by atoms with Crippen LogP contribution in [0.2, 0.25) is 0 Å². The predicted molar refractivity (Wildman–Crippen MR) is 127 cm³/mol. The van der Waals surface area contributed by atoms with Crippen molar-refractivity contribution < 1.29 is 14.7 Å². The molecule has 0 spiro atoms. The molecule has 1 fully saturated rings. The summed E-state index contributed by atoms with van der Waals surface area (Å²) in [6, 6.07) is 6.09. The van der Waals surface area contributed by atoms with Crippen LogP contribution in [-0.2, 0) is 16.0 Å². The average molecular weight is 448 g/mol. The van der Waals surface area contributed by atoms with Gasteiger partial charge in [0.1, 0.15) is 11.8 Å². The van der Waals surface area contributed by atoms with Crippen LogP contribution in [0.15, 0.2) is 24.3 Å². The summed E-state index contributed by atoms with van der Waals surface area (Å²) in [4.78, 5) is 24.7. The molecule has 2 amide bonds. The van der Waals surface area contributed by atoms with Crippen molar-refractivity contribution in [1.82, 2.24) is 21.3 Å². The summed E-state index contributed by atoms with van der Waals surface area (Å²) in [5, 5.41) is 22.2. The average Bonchev–Trinajstić information content (AvgIpc) is 3.53. The SMILES string of the molecule is CCCC(=O)N[C@@H](Cc1ccc(O)cc1)C(=O)NCCCNC[C@H]1C[C@H]1CNCCCN. The molecule has 0 unspecified atom stereocenters. The molecule has 8 heteroatoms. The Balaban J connectivity index is 1.63. The topological polar surface area (TPSA) is 129 Å². The van der Waals surface area contributed by atoms with Crippen LogP contribution in [0, 0.1) is 11.8 Å². The minimum Gasteiger partial charge on any atom is -0.508 e. The van der Waals surface area contributed by atoms with Crippen molar-refractivity contribution in [3.05, 3.63) is 29.8 Å². The van der Waals surface area contributed by atoms with Gasteiger partial charge in [-0.3, -0.25) is 9.59 Å². The summed E-state index contributed by atoms with van der Waals surface area (Å²) < 4.78 is 0. The van der Waals surface area contributed by atoms with E-state index in [1.165, 1.54) is 6.42 Å². The number of carbonyl (C=O) groups is 2. The highest BCUT2D eigenvalue weighted by Crippen LogP contribution is 2.36. The first kappa shape index (κ1) is 26.1. The molecule has 0 heterocycles. The van der Waals surface area contributed by atoms with Crippen molar-refractivity contribution >= 4 is 11.8 Å². The van der Waals surface area contributed by atoms with E-state index in [4.69, 9.17) is 5.73 Å². The number of nitrogens with two attached hydrogens (primary N) is 1. The lowest BCUT2D eigenvalue weighted by Crippen LogP contribution is -2.48. The molecule has 0 saturated heterocycles. The molecule has 1 aliphatic carbocycles. The highest BCUT2D eigenvalue weighted by atomic mass is 16.3. The third kappa shape index (κ3) is 10.4. The fourth-order valence-corrected chi connectivity index (χ4v) is 3.73. The van der Waals surface area contributed by atoms with Gasteiger partial charge in [-0.2, -0.15) is 0 Å². The number of nitrogens with one attached hydrogen (secondary N) is 4. The van der Waals surface area contributed by atoms with Crippen LogP contribution in [0.3, 0.4) is 0 Å². The zero-order valence-corrected chi connectivity index (χ0v) is 19.4. The second kappa shape index (κ2) is 14.8. The Morgan fingerprint density at radius 3 is 2.34 bits per heavy atom. The number of phenolic OH excluding ortho intramolecular Hbond substituents is 1. The van der Waals surface area contributed by atoms with Gasteiger partial charge in [0.25, 0.3) is 0 Å². The first-order valence-electron chi connectivity index (χ1n) is 12.0. The van der Waals surface area contributed by atoms with Gasteiger partial charge in [0.05, 0.1) is 0 Å². The van der Waals surface area contributed by atoms with E-state index in [2.05, 4.69) is 21.3 Å². The fraction of sp³-hybridized carbons (Fsp3) is 0.667. The summed E-state index contributed by atoms with van der Waals surface area (Å²) in [7, 11) is 0. The van der Waals surface area contributed by atoms with Crippen LogP contribution in [0.25, 0.3) is 0 Å². The van der Waals surface area contributed by atoms with E-state index in [0.29, 0.717) is 19.4 Å². The molecule has 1 aromatic carbocycles. The number of amides is 2. The third-order valence-electron chi connectivity index (χ3n) is 5.77. The second-order valence-electron chi connectivity index (χ2n) is 8.69. The number of hydrogen-bond acceptors (Lipinski definition) is 6. The number of carbonyl (C=O) groups excluding carboxylic acids is 2. The number of hydrogen-bond donors (Lipinski definition) is 6. The van der Waals surface area contributed by atoms with Gasteiger partial charge in [-0.1, -0.05) is 19.1 Å². The minimum atomic E-state index is -0.620. The van der Waals surface area contributed by atoms with Crippen molar-refractivity contribution in [2.45, 2.75) is 51.5 Å². The molecule has 0 radical (unpaired) electrons. The smallest absolute Gasteiger partial charge is 0.242 e. The molecular formula is C24H41N5O3. The van der Waals surface area contributed by atoms with Gasteiger partial charge >= 0.3 is 0 Å². The lowest BCUT2D eigenvalue weighted by Gasteiger charge is -2.19. The lowest BCUT2D eigenvalue weighted by molar-refractivity contribution is -0.129. The van der Waals surface area contributed by atoms with Gasteiger partial charge in [-0.05, 0) is 87.9 Å². The van der Waals surface area contributed by atoms with E-state index in [0.717, 1.165) is 69.4 Å². The van der Waals surface area contributed by atoms with Gasteiger partial charge in [0, 0.05) is 19.4 Å². The maximum Gasteiger partial charge on any atom is 0.242 e. The molecule has 0 aromatic heterocycles. The van der Waals surface area contributed by atoms with Crippen molar-refractivity contribution in [3.63, 3.8) is 0 Å². The summed E-state index contributed by atoms with van der Waals surface area (Å²) in [5.74, 6) is 1.40. The Labute approximate surface area is 192 Å². The maximum atomic E-state index is 12.7. The molecule has 8 nitrogen and oxygen atoms in total. The minimum absolute atomic E-state index is 0.121. The van der Waals surface area contributed by atoms with Crippen molar-refractivity contribution in [1.29, 1.82) is 0 Å². The zero-order chi connectivity index (χ0) is 23.2. The number of benzene rings is 1. The van der Waals surface area contributed by atoms with Crippen molar-refractivity contribution in [2.24, 2.45) is 17.6 Å². The van der Waals surface area contributed by atoms with Gasteiger partial charge < -0.3 is 32.1 Å². The van der Waals surface area contributed by atoms with Gasteiger partial charge in [0.2, 0.25) is 11.8 Å². The molecule has 1 saturated carbocycles. The molecule has 180 valence electrons. The molecule has 32 heavy (non-hydrogen) atoms. The highest BCUT2D eigenvalue weighted by Gasteiger charge is 2.35. The molecule has 3 atom stereocenters. The summed E-state index contributed by atoms with van der Waals surface area (Å²) in [5.41, 5.74) is 6.39. The molecular weight excluding hydrogens is 406 g/mol. The van der Waals surface area contributed by atoms with Crippen LogP contribution < -0.4 is 27.0 Å². The Bertz CT molecular complexity index is 683. The van der Waals surface area contributed by atoms with Crippen molar-refractivity contribution in [3.8, 4) is 5.75 Å². The van der Waals surface area contributed by atoms with Gasteiger partial charge in [-0.15, -0.1) is 0 Å². The standard InChI is InChI=1S/C24H41N5O3/c1-2-5-23(31)29-22(14-18-6-8-21(30)9-7-18)24(32)28-13-4-12-27-17-20-15-19(20)16-26-11-3-10-25/h6-9,19-20,22,26-27,30H,2-5,10-17,25H2,1H3,(H,28,32)(H,29,31)/t19-,20+,22-/m0/s1. The Kier molecular flexibility index (Phi) is 12.1. The zero-order valence-electron chi connectivity index (χ0n) is 19.4. The quantitative estimate of drug-likeness (QED) is 0.197. The van der Waals surface area contributed by atoms with Crippen LogP contribution in [0.1, 0.15) is 44.6 Å². The number of rotatable bonds is 17. The van der Waals surface area contributed by atoms with Gasteiger partial charge in [-0.25, -0.2) is 0 Å². The normalized spacial score (nSPS) is 18.2. The van der Waals surface area contributed by atoms with E-state index in [9.17, 15) is 14.7 Å². The monoisotopic (exact) mass is 447 g/mol. The highest BCUT2D eigenvalue weighted by molar-refractivity contribution is 5.87. The van der Waals surface area contributed by atoms with Crippen LogP contribution in [-0.4, -0.2) is 62.2 Å². The van der Waals surface area contributed by atoms with E-state index >= 15 is 0 Å². The summed E-state index contributed by atoms with van der Waals surface area (Å²) in [6.07, 6.45) is 4.66. The Morgan fingerprint density at radius 2 is 1.72 bits per heavy atom. The van der Waals surface area contributed by atoms with E-state index in [1.807, 2.05) is 6.92 Å². The van der Waals surface area contributed by atoms with E-state index in [-0.39, 0.29) is 17.6 Å². The molecule has 0 aliphatic heterocycles. The van der Waals surface area contributed by atoms with E-state index < -0.39 is 6.04 Å². The molecule has 2 rings (SSSR count). The number of phenols is 1. The predicted octanol–water partition coefficient (Wildman–Crippen LogP) is 0.890. The van der Waals surface area contributed by atoms with E-state index in [1.54, 1.807) is 24.3 Å². The molecule has 1 aliphatic rings. The lowest BCUT2D eigenvalue weighted by atomic mass is 10.0. The Morgan fingerprint density at radius 1 is 1.06 bits per heavy atom. The van der Waals surface area contributed by atoms with Crippen LogP contribution >= 0.6 is 0 Å². The molecule has 1 aromatic rings. The third-order valence-corrected chi connectivity index (χ3v) is 5.77. The molecule has 7 N–H and O–H groups in total. The maximum absolute atomic E-state index is 12.7. The second-order valence-corrected chi connectivity index (χ2v) is 8.69. The summed E-state index contributed by atoms with van der Waals surface area (Å²) >= 11 is 0. The number of aromatic hydroxyl groups is 1. The first-order chi connectivity index (χ1) is 15.5. The van der Waals surface area contributed by atoms with Crippen LogP contribution in [0.5, 0.6) is 5.75 Å². The largest absolute Gasteiger partial charge is 0.508 e. The first-order valence-corrected chi connectivity index (χ1v) is 12.0. The van der Waals surface area contributed by atoms with Crippen LogP contribution in [0.4, 0.5) is 0 Å². The molecule has 0 bridgehead atoms. The fourth-order valence-electron chi connectivity index (χ4n) is 3.73. The van der Waals surface area contributed by atoms with Gasteiger partial charge in [0.15, 0.2) is 0 Å². The summed E-state index contributed by atoms with van der Waals surface area (Å²) in [6.45, 7) is 7.19.